The smallest absolute Gasteiger partial charge is 0.328 e. The van der Waals surface area contributed by atoms with Crippen molar-refractivity contribution in [2.24, 2.45) is 0 Å². The molecule has 0 fully saturated rings. The molecular formula is C13H15F2NO4. The second-order valence-corrected chi connectivity index (χ2v) is 4.37. The highest BCUT2D eigenvalue weighted by Crippen LogP contribution is 2.10. The topological polar surface area (TPSA) is 86.6 Å². The molecule has 1 amide bonds. The Morgan fingerprint density at radius 1 is 1.30 bits per heavy atom. The van der Waals surface area contributed by atoms with E-state index in [9.17, 15) is 23.5 Å². The summed E-state index contributed by atoms with van der Waals surface area (Å²) in [5.74, 6) is -3.92. The maximum atomic E-state index is 12.9. The van der Waals surface area contributed by atoms with Crippen LogP contribution in [0.3, 0.4) is 0 Å². The van der Waals surface area contributed by atoms with E-state index in [4.69, 9.17) is 5.11 Å². The molecule has 0 radical (unpaired) electrons. The fourth-order valence-electron chi connectivity index (χ4n) is 1.59. The number of halogens is 2. The van der Waals surface area contributed by atoms with Gasteiger partial charge in [-0.1, -0.05) is 6.07 Å². The van der Waals surface area contributed by atoms with E-state index in [1.54, 1.807) is 0 Å². The van der Waals surface area contributed by atoms with Crippen molar-refractivity contribution in [1.82, 2.24) is 5.32 Å². The third kappa shape index (κ3) is 4.58. The minimum Gasteiger partial charge on any atom is -0.480 e. The van der Waals surface area contributed by atoms with Gasteiger partial charge in [-0.15, -0.1) is 0 Å². The van der Waals surface area contributed by atoms with E-state index < -0.39 is 35.7 Å². The van der Waals surface area contributed by atoms with Gasteiger partial charge in [-0.05, 0) is 31.0 Å². The standard InChI is InChI=1S/C13H15F2NO4/c1-7(17)12(13(19)20)16-11(18)5-3-8-2-4-9(14)10(15)6-8/h2,4,6-7,12,17H,3,5H2,1H3,(H,16,18)(H,19,20)/t7-,12+/m1/s1. The lowest BCUT2D eigenvalue weighted by Gasteiger charge is -2.16. The first-order valence-corrected chi connectivity index (χ1v) is 5.95. The number of hydrogen-bond acceptors (Lipinski definition) is 3. The predicted octanol–water partition coefficient (Wildman–Crippen LogP) is 0.848. The quantitative estimate of drug-likeness (QED) is 0.724. The molecule has 0 saturated heterocycles. The van der Waals surface area contributed by atoms with Gasteiger partial charge in [-0.3, -0.25) is 4.79 Å². The summed E-state index contributed by atoms with van der Waals surface area (Å²) in [6.45, 7) is 1.24. The molecule has 0 bridgehead atoms. The average molecular weight is 287 g/mol. The molecule has 1 rings (SSSR count). The molecule has 2 atom stereocenters. The van der Waals surface area contributed by atoms with Gasteiger partial charge in [0.15, 0.2) is 17.7 Å². The fourth-order valence-corrected chi connectivity index (χ4v) is 1.59. The van der Waals surface area contributed by atoms with Crippen molar-refractivity contribution >= 4 is 11.9 Å². The molecule has 0 saturated carbocycles. The summed E-state index contributed by atoms with van der Waals surface area (Å²) in [5, 5.41) is 20.1. The fraction of sp³-hybridized carbons (Fsp3) is 0.385. The zero-order valence-electron chi connectivity index (χ0n) is 10.8. The lowest BCUT2D eigenvalue weighted by atomic mass is 10.1. The van der Waals surface area contributed by atoms with Gasteiger partial charge in [-0.2, -0.15) is 0 Å². The Kier molecular flexibility index (Phi) is 5.57. The molecule has 110 valence electrons. The molecule has 0 aromatic heterocycles. The Bertz CT molecular complexity index is 505. The van der Waals surface area contributed by atoms with E-state index in [-0.39, 0.29) is 12.8 Å². The Labute approximate surface area is 114 Å². The average Bonchev–Trinajstić information content (AvgIpc) is 2.36. The maximum Gasteiger partial charge on any atom is 0.328 e. The number of carboxylic acids is 1. The highest BCUT2D eigenvalue weighted by Gasteiger charge is 2.24. The zero-order valence-corrected chi connectivity index (χ0v) is 10.8. The molecule has 7 heteroatoms. The van der Waals surface area contributed by atoms with Crippen LogP contribution in [0.5, 0.6) is 0 Å². The minimum absolute atomic E-state index is 0.0957. The normalized spacial score (nSPS) is 13.6. The van der Waals surface area contributed by atoms with Crippen molar-refractivity contribution in [1.29, 1.82) is 0 Å². The Morgan fingerprint density at radius 2 is 1.95 bits per heavy atom. The van der Waals surface area contributed by atoms with Crippen LogP contribution in [0.15, 0.2) is 18.2 Å². The lowest BCUT2D eigenvalue weighted by Crippen LogP contribution is -2.47. The van der Waals surface area contributed by atoms with Crippen molar-refractivity contribution in [2.45, 2.75) is 31.9 Å². The molecule has 3 N–H and O–H groups in total. The third-order valence-electron chi connectivity index (χ3n) is 2.69. The highest BCUT2D eigenvalue weighted by atomic mass is 19.2. The lowest BCUT2D eigenvalue weighted by molar-refractivity contribution is -0.144. The first kappa shape index (κ1) is 16.0. The number of amides is 1. The summed E-state index contributed by atoms with van der Waals surface area (Å²) in [5.41, 5.74) is 0.419. The van der Waals surface area contributed by atoms with Crippen LogP contribution in [0.1, 0.15) is 18.9 Å². The van der Waals surface area contributed by atoms with Gasteiger partial charge in [0.2, 0.25) is 5.91 Å². The number of aryl methyl sites for hydroxylation is 1. The second-order valence-electron chi connectivity index (χ2n) is 4.37. The van der Waals surface area contributed by atoms with Gasteiger partial charge >= 0.3 is 5.97 Å². The Balaban J connectivity index is 2.54. The van der Waals surface area contributed by atoms with Gasteiger partial charge < -0.3 is 15.5 Å². The molecule has 0 aliphatic heterocycles. The molecule has 5 nitrogen and oxygen atoms in total. The van der Waals surface area contributed by atoms with Crippen LogP contribution in [0.4, 0.5) is 8.78 Å². The third-order valence-corrected chi connectivity index (χ3v) is 2.69. The van der Waals surface area contributed by atoms with Gasteiger partial charge in [0, 0.05) is 6.42 Å². The van der Waals surface area contributed by atoms with E-state index in [0.29, 0.717) is 5.56 Å². The van der Waals surface area contributed by atoms with Crippen molar-refractivity contribution < 1.29 is 28.6 Å². The van der Waals surface area contributed by atoms with Crippen molar-refractivity contribution in [2.75, 3.05) is 0 Å². The molecular weight excluding hydrogens is 272 g/mol. The van der Waals surface area contributed by atoms with Crippen molar-refractivity contribution in [3.8, 4) is 0 Å². The van der Waals surface area contributed by atoms with E-state index in [2.05, 4.69) is 5.32 Å². The summed E-state index contributed by atoms with van der Waals surface area (Å²) in [4.78, 5) is 22.3. The number of aliphatic hydroxyl groups excluding tert-OH is 1. The molecule has 20 heavy (non-hydrogen) atoms. The maximum absolute atomic E-state index is 12.9. The first-order chi connectivity index (χ1) is 9.31. The van der Waals surface area contributed by atoms with Crippen LogP contribution in [0, 0.1) is 11.6 Å². The van der Waals surface area contributed by atoms with E-state index in [1.165, 1.54) is 13.0 Å². The number of benzene rings is 1. The number of carboxylic acid groups (broad SMARTS) is 1. The van der Waals surface area contributed by atoms with Gasteiger partial charge in [-0.25, -0.2) is 13.6 Å². The summed E-state index contributed by atoms with van der Waals surface area (Å²) in [6, 6.07) is 1.88. The number of aliphatic carboxylic acids is 1. The molecule has 0 spiro atoms. The van der Waals surface area contributed by atoms with Crippen molar-refractivity contribution in [3.63, 3.8) is 0 Å². The summed E-state index contributed by atoms with van der Waals surface area (Å²) in [7, 11) is 0. The molecule has 0 aliphatic carbocycles. The number of carbonyl (C=O) groups is 2. The van der Waals surface area contributed by atoms with Gasteiger partial charge in [0.1, 0.15) is 0 Å². The molecule has 1 aromatic carbocycles. The summed E-state index contributed by atoms with van der Waals surface area (Å²) in [6.07, 6.45) is -1.20. The Morgan fingerprint density at radius 3 is 2.45 bits per heavy atom. The SMILES string of the molecule is C[C@@H](O)[C@H](NC(=O)CCc1ccc(F)c(F)c1)C(=O)O. The van der Waals surface area contributed by atoms with Crippen molar-refractivity contribution in [3.05, 3.63) is 35.4 Å². The highest BCUT2D eigenvalue weighted by molar-refractivity contribution is 5.84. The van der Waals surface area contributed by atoms with Gasteiger partial charge in [0.25, 0.3) is 0 Å². The number of carbonyl (C=O) groups excluding carboxylic acids is 1. The monoisotopic (exact) mass is 287 g/mol. The van der Waals surface area contributed by atoms with Crippen LogP contribution in [0.2, 0.25) is 0 Å². The largest absolute Gasteiger partial charge is 0.480 e. The molecule has 0 heterocycles. The van der Waals surface area contributed by atoms with E-state index in [0.717, 1.165) is 12.1 Å². The van der Waals surface area contributed by atoms with Crippen LogP contribution < -0.4 is 5.32 Å². The van der Waals surface area contributed by atoms with E-state index in [1.807, 2.05) is 0 Å². The minimum atomic E-state index is -1.40. The Hall–Kier alpha value is -2.02. The van der Waals surface area contributed by atoms with Crippen LogP contribution in [-0.2, 0) is 16.0 Å². The van der Waals surface area contributed by atoms with Gasteiger partial charge in [0.05, 0.1) is 6.10 Å². The van der Waals surface area contributed by atoms with Crippen LogP contribution in [-0.4, -0.2) is 34.2 Å². The number of rotatable bonds is 6. The first-order valence-electron chi connectivity index (χ1n) is 5.95. The predicted molar refractivity (Wildman–Crippen MR) is 65.9 cm³/mol. The van der Waals surface area contributed by atoms with Crippen LogP contribution in [0.25, 0.3) is 0 Å². The molecule has 0 unspecified atom stereocenters. The molecule has 0 aliphatic rings. The van der Waals surface area contributed by atoms with E-state index >= 15 is 0 Å². The number of aliphatic hydroxyl groups is 1. The number of nitrogens with one attached hydrogen (secondary N) is 1. The second kappa shape index (κ2) is 6.95. The molecule has 1 aromatic rings. The zero-order chi connectivity index (χ0) is 15.3. The van der Waals surface area contributed by atoms with Crippen LogP contribution >= 0.6 is 0 Å². The number of hydrogen-bond donors (Lipinski definition) is 3. The summed E-state index contributed by atoms with van der Waals surface area (Å²) >= 11 is 0. The summed E-state index contributed by atoms with van der Waals surface area (Å²) < 4.78 is 25.6.